The first-order valence-electron chi connectivity index (χ1n) is 6.13. The second-order valence-electron chi connectivity index (χ2n) is 5.17. The quantitative estimate of drug-likeness (QED) is 0.831. The van der Waals surface area contributed by atoms with Gasteiger partial charge in [-0.15, -0.1) is 0 Å². The molecule has 20 heavy (non-hydrogen) atoms. The third-order valence-electron chi connectivity index (χ3n) is 2.23. The number of carbonyl (C=O) groups excluding carboxylic acids is 2. The standard InChI is InChI=1S/C13H19N3O4/c1-13(2,3)20-12(18)16-10(11(17)19-4)5-9-6-14-8-15-7-9/h6-8,10H,5H2,1-4H3,(H,16,18)/t10-/m1/s1. The van der Waals surface area contributed by atoms with Gasteiger partial charge in [-0.1, -0.05) is 0 Å². The fraction of sp³-hybridized carbons (Fsp3) is 0.538. The number of nitrogens with zero attached hydrogens (tertiary/aromatic N) is 2. The highest BCUT2D eigenvalue weighted by molar-refractivity contribution is 5.81. The first-order valence-corrected chi connectivity index (χ1v) is 6.13. The summed E-state index contributed by atoms with van der Waals surface area (Å²) in [4.78, 5) is 31.1. The maximum absolute atomic E-state index is 11.7. The Kier molecular flexibility index (Phi) is 5.42. The number of amides is 1. The zero-order chi connectivity index (χ0) is 15.2. The number of nitrogens with one attached hydrogen (secondary N) is 1. The largest absolute Gasteiger partial charge is 0.467 e. The molecule has 0 saturated carbocycles. The molecule has 0 aromatic carbocycles. The van der Waals surface area contributed by atoms with E-state index >= 15 is 0 Å². The van der Waals surface area contributed by atoms with Crippen LogP contribution in [0, 0.1) is 0 Å². The number of esters is 1. The highest BCUT2D eigenvalue weighted by Gasteiger charge is 2.25. The van der Waals surface area contributed by atoms with Gasteiger partial charge in [0.25, 0.3) is 0 Å². The Morgan fingerprint density at radius 1 is 1.30 bits per heavy atom. The lowest BCUT2D eigenvalue weighted by Gasteiger charge is -2.22. The molecule has 1 rings (SSSR count). The third-order valence-corrected chi connectivity index (χ3v) is 2.23. The molecule has 7 nitrogen and oxygen atoms in total. The third kappa shape index (κ3) is 5.64. The van der Waals surface area contributed by atoms with Crippen molar-refractivity contribution >= 4 is 12.1 Å². The molecule has 1 aromatic rings. The van der Waals surface area contributed by atoms with Gasteiger partial charge >= 0.3 is 12.1 Å². The molecule has 0 aliphatic carbocycles. The normalized spacial score (nSPS) is 12.4. The molecule has 0 saturated heterocycles. The van der Waals surface area contributed by atoms with E-state index in [0.29, 0.717) is 5.56 Å². The first kappa shape index (κ1) is 15.9. The Morgan fingerprint density at radius 3 is 2.40 bits per heavy atom. The summed E-state index contributed by atoms with van der Waals surface area (Å²) in [7, 11) is 1.26. The van der Waals surface area contributed by atoms with Crippen molar-refractivity contribution in [2.45, 2.75) is 38.8 Å². The summed E-state index contributed by atoms with van der Waals surface area (Å²) in [6.07, 6.45) is 4.08. The van der Waals surface area contributed by atoms with Gasteiger partial charge in [-0.3, -0.25) is 0 Å². The van der Waals surface area contributed by atoms with Gasteiger partial charge < -0.3 is 14.8 Å². The lowest BCUT2D eigenvalue weighted by atomic mass is 10.1. The fourth-order valence-corrected chi connectivity index (χ4v) is 1.46. The number of aromatic nitrogens is 2. The zero-order valence-electron chi connectivity index (χ0n) is 12.0. The highest BCUT2D eigenvalue weighted by atomic mass is 16.6. The van der Waals surface area contributed by atoms with Crippen molar-refractivity contribution < 1.29 is 19.1 Å². The lowest BCUT2D eigenvalue weighted by molar-refractivity contribution is -0.143. The van der Waals surface area contributed by atoms with Gasteiger partial charge in [0.2, 0.25) is 0 Å². The minimum atomic E-state index is -0.846. The average Bonchev–Trinajstić information content (AvgIpc) is 2.36. The van der Waals surface area contributed by atoms with E-state index in [-0.39, 0.29) is 6.42 Å². The van der Waals surface area contributed by atoms with Gasteiger partial charge in [-0.25, -0.2) is 19.6 Å². The topological polar surface area (TPSA) is 90.4 Å². The summed E-state index contributed by atoms with van der Waals surface area (Å²) >= 11 is 0. The molecule has 1 heterocycles. The second-order valence-corrected chi connectivity index (χ2v) is 5.17. The summed E-state index contributed by atoms with van der Waals surface area (Å²) in [6.45, 7) is 5.22. The summed E-state index contributed by atoms with van der Waals surface area (Å²) in [6, 6.07) is -0.846. The number of ether oxygens (including phenoxy) is 2. The molecule has 0 spiro atoms. The van der Waals surface area contributed by atoms with Crippen LogP contribution in [0.15, 0.2) is 18.7 Å². The molecular formula is C13H19N3O4. The van der Waals surface area contributed by atoms with Crippen molar-refractivity contribution in [1.82, 2.24) is 15.3 Å². The van der Waals surface area contributed by atoms with E-state index in [4.69, 9.17) is 4.74 Å². The van der Waals surface area contributed by atoms with Gasteiger partial charge in [0, 0.05) is 18.8 Å². The van der Waals surface area contributed by atoms with E-state index in [9.17, 15) is 9.59 Å². The maximum Gasteiger partial charge on any atom is 0.408 e. The predicted octanol–water partition coefficient (Wildman–Crippen LogP) is 1.09. The number of methoxy groups -OCH3 is 1. The molecular weight excluding hydrogens is 262 g/mol. The van der Waals surface area contributed by atoms with Crippen molar-refractivity contribution in [3.8, 4) is 0 Å². The fourth-order valence-electron chi connectivity index (χ4n) is 1.46. The van der Waals surface area contributed by atoms with Crippen LogP contribution in [0.4, 0.5) is 4.79 Å². The van der Waals surface area contributed by atoms with E-state index in [1.165, 1.54) is 13.4 Å². The van der Waals surface area contributed by atoms with Crippen LogP contribution in [0.5, 0.6) is 0 Å². The molecule has 1 aromatic heterocycles. The lowest BCUT2D eigenvalue weighted by Crippen LogP contribution is -2.45. The van der Waals surface area contributed by atoms with E-state index in [2.05, 4.69) is 20.0 Å². The maximum atomic E-state index is 11.7. The van der Waals surface area contributed by atoms with Crippen LogP contribution in [0.25, 0.3) is 0 Å². The SMILES string of the molecule is COC(=O)[C@@H](Cc1cncnc1)NC(=O)OC(C)(C)C. The molecule has 0 bridgehead atoms. The number of alkyl carbamates (subject to hydrolysis) is 1. The average molecular weight is 281 g/mol. The molecule has 0 unspecified atom stereocenters. The molecule has 0 aliphatic heterocycles. The second kappa shape index (κ2) is 6.83. The minimum absolute atomic E-state index is 0.229. The molecule has 1 N–H and O–H groups in total. The Labute approximate surface area is 117 Å². The minimum Gasteiger partial charge on any atom is -0.467 e. The molecule has 1 atom stereocenters. The van der Waals surface area contributed by atoms with Gasteiger partial charge in [0.05, 0.1) is 7.11 Å². The van der Waals surface area contributed by atoms with Crippen molar-refractivity contribution in [2.24, 2.45) is 0 Å². The summed E-state index contributed by atoms with van der Waals surface area (Å²) in [5.41, 5.74) is 0.0691. The van der Waals surface area contributed by atoms with Crippen LogP contribution in [-0.2, 0) is 20.7 Å². The first-order chi connectivity index (χ1) is 9.31. The predicted molar refractivity (Wildman–Crippen MR) is 70.9 cm³/mol. The molecule has 0 aliphatic rings. The van der Waals surface area contributed by atoms with Crippen LogP contribution < -0.4 is 5.32 Å². The van der Waals surface area contributed by atoms with Crippen LogP contribution in [0.1, 0.15) is 26.3 Å². The molecule has 0 fully saturated rings. The molecule has 0 radical (unpaired) electrons. The monoisotopic (exact) mass is 281 g/mol. The van der Waals surface area contributed by atoms with E-state index in [1.54, 1.807) is 33.2 Å². The number of carbonyl (C=O) groups is 2. The summed E-state index contributed by atoms with van der Waals surface area (Å²) in [5.74, 6) is -0.556. The van der Waals surface area contributed by atoms with Crippen molar-refractivity contribution in [1.29, 1.82) is 0 Å². The number of rotatable bonds is 4. The van der Waals surface area contributed by atoms with Gasteiger partial charge in [-0.05, 0) is 26.3 Å². The number of hydrogen-bond acceptors (Lipinski definition) is 6. The summed E-state index contributed by atoms with van der Waals surface area (Å²) < 4.78 is 9.78. The summed E-state index contributed by atoms with van der Waals surface area (Å²) in [5, 5.41) is 2.48. The van der Waals surface area contributed by atoms with Gasteiger partial charge in [0.1, 0.15) is 18.0 Å². The van der Waals surface area contributed by atoms with E-state index in [1.807, 2.05) is 0 Å². The van der Waals surface area contributed by atoms with Crippen molar-refractivity contribution in [3.05, 3.63) is 24.3 Å². The smallest absolute Gasteiger partial charge is 0.408 e. The molecule has 110 valence electrons. The van der Waals surface area contributed by atoms with Gasteiger partial charge in [0.15, 0.2) is 0 Å². The molecule has 7 heteroatoms. The van der Waals surface area contributed by atoms with Crippen LogP contribution in [0.2, 0.25) is 0 Å². The van der Waals surface area contributed by atoms with Crippen LogP contribution in [0.3, 0.4) is 0 Å². The van der Waals surface area contributed by atoms with E-state index < -0.39 is 23.7 Å². The highest BCUT2D eigenvalue weighted by Crippen LogP contribution is 2.08. The Bertz CT molecular complexity index is 456. The van der Waals surface area contributed by atoms with Crippen LogP contribution in [-0.4, -0.2) is 40.8 Å². The molecule has 1 amide bonds. The van der Waals surface area contributed by atoms with E-state index in [0.717, 1.165) is 0 Å². The Balaban J connectivity index is 2.70. The van der Waals surface area contributed by atoms with Gasteiger partial charge in [-0.2, -0.15) is 0 Å². The van der Waals surface area contributed by atoms with Crippen molar-refractivity contribution in [3.63, 3.8) is 0 Å². The number of hydrogen-bond donors (Lipinski definition) is 1. The van der Waals surface area contributed by atoms with Crippen LogP contribution >= 0.6 is 0 Å². The Hall–Kier alpha value is -2.18. The zero-order valence-corrected chi connectivity index (χ0v) is 12.0. The van der Waals surface area contributed by atoms with Crippen molar-refractivity contribution in [2.75, 3.05) is 7.11 Å². The Morgan fingerprint density at radius 2 is 1.90 bits per heavy atom.